The lowest BCUT2D eigenvalue weighted by Crippen LogP contribution is -2.41. The summed E-state index contributed by atoms with van der Waals surface area (Å²) in [4.78, 5) is 19.1. The highest BCUT2D eigenvalue weighted by Gasteiger charge is 2.33. The van der Waals surface area contributed by atoms with Crippen molar-refractivity contribution < 1.29 is 14.6 Å². The summed E-state index contributed by atoms with van der Waals surface area (Å²) in [6.45, 7) is 6.91. The van der Waals surface area contributed by atoms with Crippen LogP contribution in [-0.2, 0) is 17.7 Å². The lowest BCUT2D eigenvalue weighted by atomic mass is 10.1. The van der Waals surface area contributed by atoms with Crippen molar-refractivity contribution in [2.24, 2.45) is 0 Å². The number of likely N-dealkylation sites (tertiary alicyclic amines) is 1. The molecule has 7 heteroatoms. The predicted molar refractivity (Wildman–Crippen MR) is 104 cm³/mol. The molecule has 2 aromatic rings. The first-order chi connectivity index (χ1) is 12.3. The second kappa shape index (κ2) is 7.56. The van der Waals surface area contributed by atoms with Crippen molar-refractivity contribution in [1.29, 1.82) is 0 Å². The molecule has 1 aliphatic heterocycles. The number of aromatic nitrogens is 2. The largest absolute Gasteiger partial charge is 0.444 e. The Morgan fingerprint density at radius 1 is 1.42 bits per heavy atom. The molecule has 0 radical (unpaired) electrons. The van der Waals surface area contributed by atoms with Gasteiger partial charge in [0.05, 0.1) is 17.6 Å². The van der Waals surface area contributed by atoms with Crippen molar-refractivity contribution in [3.63, 3.8) is 0 Å². The minimum Gasteiger partial charge on any atom is -0.444 e. The van der Waals surface area contributed by atoms with Gasteiger partial charge in [0.25, 0.3) is 0 Å². The molecule has 1 N–H and O–H groups in total. The predicted octanol–water partition coefficient (Wildman–Crippen LogP) is 3.73. The summed E-state index contributed by atoms with van der Waals surface area (Å²) >= 11 is 3.48. The summed E-state index contributed by atoms with van der Waals surface area (Å²) in [7, 11) is 0. The minimum atomic E-state index is -0.499. The van der Waals surface area contributed by atoms with E-state index in [9.17, 15) is 9.90 Å². The second-order valence-electron chi connectivity index (χ2n) is 7.71. The van der Waals surface area contributed by atoms with Crippen LogP contribution in [0.2, 0.25) is 0 Å². The van der Waals surface area contributed by atoms with E-state index in [1.54, 1.807) is 0 Å². The number of rotatable bonds is 4. The van der Waals surface area contributed by atoms with Gasteiger partial charge < -0.3 is 19.3 Å². The van der Waals surface area contributed by atoms with Gasteiger partial charge in [0, 0.05) is 30.0 Å². The molecule has 0 saturated carbocycles. The molecule has 1 aromatic heterocycles. The molecule has 2 heterocycles. The third-order valence-electron chi connectivity index (χ3n) is 4.54. The first-order valence-electron chi connectivity index (χ1n) is 9.03. The average molecular weight is 424 g/mol. The molecule has 142 valence electrons. The highest BCUT2D eigenvalue weighted by atomic mass is 79.9. The van der Waals surface area contributed by atoms with Crippen LogP contribution in [0.15, 0.2) is 22.7 Å². The van der Waals surface area contributed by atoms with Gasteiger partial charge in [-0.15, -0.1) is 0 Å². The second-order valence-corrected chi connectivity index (χ2v) is 8.63. The number of halogens is 1. The van der Waals surface area contributed by atoms with E-state index in [2.05, 4.69) is 15.9 Å². The Kier molecular flexibility index (Phi) is 5.58. The van der Waals surface area contributed by atoms with Crippen LogP contribution < -0.4 is 0 Å². The molecule has 1 fully saturated rings. The molecule has 1 saturated heterocycles. The van der Waals surface area contributed by atoms with Gasteiger partial charge in [0.1, 0.15) is 11.4 Å². The number of benzene rings is 1. The van der Waals surface area contributed by atoms with Crippen molar-refractivity contribution in [2.75, 3.05) is 13.2 Å². The van der Waals surface area contributed by atoms with Crippen LogP contribution in [0.25, 0.3) is 11.0 Å². The summed E-state index contributed by atoms with van der Waals surface area (Å²) < 4.78 is 8.58. The van der Waals surface area contributed by atoms with Crippen molar-refractivity contribution in [2.45, 2.75) is 58.2 Å². The number of aliphatic hydroxyl groups excluding tert-OH is 1. The van der Waals surface area contributed by atoms with Crippen LogP contribution >= 0.6 is 15.9 Å². The van der Waals surface area contributed by atoms with Gasteiger partial charge in [0.15, 0.2) is 0 Å². The Morgan fingerprint density at radius 3 is 2.88 bits per heavy atom. The molecule has 1 unspecified atom stereocenters. The van der Waals surface area contributed by atoms with Crippen molar-refractivity contribution in [3.8, 4) is 0 Å². The monoisotopic (exact) mass is 423 g/mol. The lowest BCUT2D eigenvalue weighted by molar-refractivity contribution is 0.0225. The Hall–Kier alpha value is -1.60. The molecule has 1 aromatic carbocycles. The zero-order chi connectivity index (χ0) is 18.9. The smallest absolute Gasteiger partial charge is 0.410 e. The van der Waals surface area contributed by atoms with Crippen molar-refractivity contribution >= 4 is 33.1 Å². The summed E-state index contributed by atoms with van der Waals surface area (Å²) in [5.41, 5.74) is 1.39. The molecule has 0 spiro atoms. The molecule has 6 nitrogen and oxygen atoms in total. The van der Waals surface area contributed by atoms with E-state index in [4.69, 9.17) is 9.72 Å². The van der Waals surface area contributed by atoms with Gasteiger partial charge >= 0.3 is 6.09 Å². The fraction of sp³-hybridized carbons (Fsp3) is 0.579. The Morgan fingerprint density at radius 2 is 2.19 bits per heavy atom. The summed E-state index contributed by atoms with van der Waals surface area (Å²) in [5, 5.41) is 9.46. The van der Waals surface area contributed by atoms with Crippen LogP contribution in [-0.4, -0.2) is 50.4 Å². The number of carbonyl (C=O) groups is 1. The van der Waals surface area contributed by atoms with E-state index in [-0.39, 0.29) is 18.7 Å². The number of aliphatic hydroxyl groups is 1. The van der Waals surface area contributed by atoms with E-state index in [0.29, 0.717) is 19.5 Å². The standard InChI is InChI=1S/C19H26BrN3O3/c1-19(2,3)26-18(25)22-8-4-5-14(22)12-17-21-15-11-13(20)6-7-16(15)23(17)9-10-24/h6-7,11,14,24H,4-5,8-10,12H2,1-3H3. The molecule has 1 atom stereocenters. The third-order valence-corrected chi connectivity index (χ3v) is 5.03. The first-order valence-corrected chi connectivity index (χ1v) is 9.83. The maximum atomic E-state index is 12.5. The number of nitrogens with zero attached hydrogens (tertiary/aromatic N) is 3. The molecule has 1 aliphatic rings. The van der Waals surface area contributed by atoms with E-state index in [1.165, 1.54) is 0 Å². The number of amides is 1. The van der Waals surface area contributed by atoms with Gasteiger partial charge in [-0.25, -0.2) is 9.78 Å². The van der Waals surface area contributed by atoms with Crippen LogP contribution in [0.4, 0.5) is 4.79 Å². The fourth-order valence-electron chi connectivity index (χ4n) is 3.48. The molecule has 0 aliphatic carbocycles. The highest BCUT2D eigenvalue weighted by molar-refractivity contribution is 9.10. The van der Waals surface area contributed by atoms with Crippen molar-refractivity contribution in [1.82, 2.24) is 14.5 Å². The van der Waals surface area contributed by atoms with E-state index in [1.807, 2.05) is 48.4 Å². The maximum absolute atomic E-state index is 12.5. The lowest BCUT2D eigenvalue weighted by Gasteiger charge is -2.28. The highest BCUT2D eigenvalue weighted by Crippen LogP contribution is 2.26. The van der Waals surface area contributed by atoms with Crippen molar-refractivity contribution in [3.05, 3.63) is 28.5 Å². The molecule has 3 rings (SSSR count). The third kappa shape index (κ3) is 4.20. The number of imidazole rings is 1. The number of hydrogen-bond acceptors (Lipinski definition) is 4. The molecule has 0 bridgehead atoms. The summed E-state index contributed by atoms with van der Waals surface area (Å²) in [5.74, 6) is 0.896. The SMILES string of the molecule is CC(C)(C)OC(=O)N1CCCC1Cc1nc2cc(Br)ccc2n1CCO. The fourth-order valence-corrected chi connectivity index (χ4v) is 3.83. The average Bonchev–Trinajstić information content (AvgIpc) is 3.11. The number of carbonyl (C=O) groups excluding carboxylic acids is 1. The normalized spacial score (nSPS) is 17.9. The van der Waals surface area contributed by atoms with Gasteiger partial charge in [0.2, 0.25) is 0 Å². The van der Waals surface area contributed by atoms with Crippen LogP contribution in [0, 0.1) is 0 Å². The number of hydrogen-bond donors (Lipinski definition) is 1. The molecule has 26 heavy (non-hydrogen) atoms. The van der Waals surface area contributed by atoms with Gasteiger partial charge in [-0.1, -0.05) is 15.9 Å². The van der Waals surface area contributed by atoms with E-state index < -0.39 is 5.60 Å². The van der Waals surface area contributed by atoms with Crippen LogP contribution in [0.5, 0.6) is 0 Å². The summed E-state index contributed by atoms with van der Waals surface area (Å²) in [6.07, 6.45) is 2.31. The van der Waals surface area contributed by atoms with E-state index >= 15 is 0 Å². The van der Waals surface area contributed by atoms with E-state index in [0.717, 1.165) is 34.2 Å². The van der Waals surface area contributed by atoms with Crippen LogP contribution in [0.3, 0.4) is 0 Å². The molecule has 1 amide bonds. The molecular formula is C19H26BrN3O3. The maximum Gasteiger partial charge on any atom is 0.410 e. The van der Waals surface area contributed by atoms with Crippen LogP contribution in [0.1, 0.15) is 39.4 Å². The number of fused-ring (bicyclic) bond motifs is 1. The Balaban J connectivity index is 1.85. The Bertz CT molecular complexity index is 797. The molecular weight excluding hydrogens is 398 g/mol. The van der Waals surface area contributed by atoms with Gasteiger partial charge in [-0.05, 0) is 51.8 Å². The van der Waals surface area contributed by atoms with Gasteiger partial charge in [-0.2, -0.15) is 0 Å². The minimum absolute atomic E-state index is 0.0506. The Labute approximate surface area is 162 Å². The number of ether oxygens (including phenoxy) is 1. The zero-order valence-corrected chi connectivity index (χ0v) is 17.1. The topological polar surface area (TPSA) is 67.6 Å². The summed E-state index contributed by atoms with van der Waals surface area (Å²) in [6, 6.07) is 6.03. The zero-order valence-electron chi connectivity index (χ0n) is 15.5. The van der Waals surface area contributed by atoms with Gasteiger partial charge in [-0.3, -0.25) is 0 Å². The quantitative estimate of drug-likeness (QED) is 0.812. The first kappa shape index (κ1) is 19.2.